The van der Waals surface area contributed by atoms with Gasteiger partial charge in [0.2, 0.25) is 5.91 Å². The molecule has 0 unspecified atom stereocenters. The molecule has 0 bridgehead atoms. The monoisotopic (exact) mass is 353 g/mol. The number of carbonyl (C=O) groups is 1. The Morgan fingerprint density at radius 2 is 1.81 bits per heavy atom. The van der Waals surface area contributed by atoms with Gasteiger partial charge in [-0.2, -0.15) is 0 Å². The molecule has 4 nitrogen and oxygen atoms in total. The highest BCUT2D eigenvalue weighted by Crippen LogP contribution is 2.41. The van der Waals surface area contributed by atoms with E-state index in [9.17, 15) is 4.79 Å². The Labute approximate surface area is 155 Å². The van der Waals surface area contributed by atoms with Crippen LogP contribution in [0.5, 0.6) is 11.5 Å². The van der Waals surface area contributed by atoms with Crippen LogP contribution in [-0.4, -0.2) is 19.6 Å². The summed E-state index contributed by atoms with van der Waals surface area (Å²) in [6, 6.07) is 16.0. The molecule has 0 radical (unpaired) electrons. The molecule has 0 spiro atoms. The van der Waals surface area contributed by atoms with Crippen molar-refractivity contribution < 1.29 is 14.3 Å². The van der Waals surface area contributed by atoms with Gasteiger partial charge in [-0.25, -0.2) is 0 Å². The van der Waals surface area contributed by atoms with Crippen LogP contribution in [0.4, 0.5) is 0 Å². The summed E-state index contributed by atoms with van der Waals surface area (Å²) in [6.07, 6.45) is 4.02. The molecule has 1 amide bonds. The number of amides is 1. The minimum absolute atomic E-state index is 0.120. The molecule has 1 fully saturated rings. The zero-order valence-corrected chi connectivity index (χ0v) is 15.6. The van der Waals surface area contributed by atoms with Crippen LogP contribution in [0.1, 0.15) is 43.7 Å². The summed E-state index contributed by atoms with van der Waals surface area (Å²) < 4.78 is 10.9. The lowest BCUT2D eigenvalue weighted by Crippen LogP contribution is -2.42. The Bertz CT molecular complexity index is 736. The Morgan fingerprint density at radius 3 is 2.46 bits per heavy atom. The van der Waals surface area contributed by atoms with Crippen molar-refractivity contribution in [2.45, 2.75) is 44.6 Å². The maximum absolute atomic E-state index is 13.1. The van der Waals surface area contributed by atoms with Crippen LogP contribution in [0.2, 0.25) is 0 Å². The van der Waals surface area contributed by atoms with Gasteiger partial charge >= 0.3 is 0 Å². The number of rotatable bonds is 7. The van der Waals surface area contributed by atoms with E-state index in [4.69, 9.17) is 9.47 Å². The molecule has 1 aliphatic carbocycles. The predicted molar refractivity (Wildman–Crippen MR) is 103 cm³/mol. The van der Waals surface area contributed by atoms with Crippen LogP contribution in [0.25, 0.3) is 0 Å². The van der Waals surface area contributed by atoms with E-state index in [0.717, 1.165) is 36.8 Å². The van der Waals surface area contributed by atoms with Crippen molar-refractivity contribution in [1.82, 2.24) is 5.32 Å². The Hall–Kier alpha value is -2.49. The van der Waals surface area contributed by atoms with Gasteiger partial charge in [-0.3, -0.25) is 4.79 Å². The van der Waals surface area contributed by atoms with E-state index in [0.29, 0.717) is 24.7 Å². The van der Waals surface area contributed by atoms with E-state index >= 15 is 0 Å². The molecule has 3 rings (SSSR count). The highest BCUT2D eigenvalue weighted by molar-refractivity contribution is 5.88. The molecule has 138 valence electrons. The lowest BCUT2D eigenvalue weighted by molar-refractivity contribution is -0.126. The third-order valence-electron chi connectivity index (χ3n) is 5.20. The van der Waals surface area contributed by atoms with E-state index in [1.54, 1.807) is 7.11 Å². The van der Waals surface area contributed by atoms with Crippen molar-refractivity contribution in [3.8, 4) is 11.5 Å². The summed E-state index contributed by atoms with van der Waals surface area (Å²) in [5, 5.41) is 3.15. The molecule has 2 aromatic carbocycles. The van der Waals surface area contributed by atoms with Crippen molar-refractivity contribution >= 4 is 5.91 Å². The molecule has 0 atom stereocenters. The summed E-state index contributed by atoms with van der Waals surface area (Å²) >= 11 is 0. The lowest BCUT2D eigenvalue weighted by Gasteiger charge is -2.28. The Balaban J connectivity index is 1.74. The van der Waals surface area contributed by atoms with Gasteiger partial charge in [0.15, 0.2) is 11.5 Å². The fraction of sp³-hybridized carbons (Fsp3) is 0.409. The molecule has 0 aliphatic heterocycles. The smallest absolute Gasteiger partial charge is 0.230 e. The zero-order valence-electron chi connectivity index (χ0n) is 15.6. The molecule has 1 N–H and O–H groups in total. The highest BCUT2D eigenvalue weighted by atomic mass is 16.5. The van der Waals surface area contributed by atoms with E-state index in [2.05, 4.69) is 17.4 Å². The van der Waals surface area contributed by atoms with Crippen LogP contribution >= 0.6 is 0 Å². The molecule has 1 aliphatic rings. The largest absolute Gasteiger partial charge is 0.493 e. The molecule has 1 saturated carbocycles. The number of carbonyl (C=O) groups excluding carboxylic acids is 1. The number of methoxy groups -OCH3 is 1. The van der Waals surface area contributed by atoms with Crippen LogP contribution in [-0.2, 0) is 16.8 Å². The summed E-state index contributed by atoms with van der Waals surface area (Å²) in [5.74, 6) is 1.54. The number of benzene rings is 2. The van der Waals surface area contributed by atoms with Crippen molar-refractivity contribution in [2.75, 3.05) is 13.7 Å². The first-order valence-corrected chi connectivity index (χ1v) is 9.33. The standard InChI is InChI=1S/C22H27NO3/c1-3-26-20-15-17(11-12-19(20)25-2)16-23-21(24)22(13-7-8-14-22)18-9-5-4-6-10-18/h4-6,9-12,15H,3,7-8,13-14,16H2,1-2H3,(H,23,24). The van der Waals surface area contributed by atoms with E-state index in [1.165, 1.54) is 0 Å². The fourth-order valence-electron chi connectivity index (χ4n) is 3.83. The summed E-state index contributed by atoms with van der Waals surface area (Å²) in [4.78, 5) is 13.1. The molecule has 2 aromatic rings. The van der Waals surface area contributed by atoms with Gasteiger partial charge in [0, 0.05) is 6.54 Å². The minimum Gasteiger partial charge on any atom is -0.493 e. The van der Waals surface area contributed by atoms with Gasteiger partial charge in [0.05, 0.1) is 19.1 Å². The molecule has 4 heteroatoms. The third kappa shape index (κ3) is 3.69. The first kappa shape index (κ1) is 18.3. The van der Waals surface area contributed by atoms with Gasteiger partial charge in [0.25, 0.3) is 0 Å². The molecule has 0 aromatic heterocycles. The number of hydrogen-bond acceptors (Lipinski definition) is 3. The van der Waals surface area contributed by atoms with Crippen LogP contribution in [0.3, 0.4) is 0 Å². The van der Waals surface area contributed by atoms with E-state index in [1.807, 2.05) is 43.3 Å². The summed E-state index contributed by atoms with van der Waals surface area (Å²) in [6.45, 7) is 3.00. The normalized spacial score (nSPS) is 15.5. The maximum atomic E-state index is 13.1. The van der Waals surface area contributed by atoms with Crippen molar-refractivity contribution in [3.63, 3.8) is 0 Å². The van der Waals surface area contributed by atoms with Crippen LogP contribution in [0.15, 0.2) is 48.5 Å². The predicted octanol–water partition coefficient (Wildman–Crippen LogP) is 4.22. The number of hydrogen-bond donors (Lipinski definition) is 1. The molecule has 0 heterocycles. The number of nitrogens with one attached hydrogen (secondary N) is 1. The fourth-order valence-corrected chi connectivity index (χ4v) is 3.83. The average molecular weight is 353 g/mol. The molecular weight excluding hydrogens is 326 g/mol. The van der Waals surface area contributed by atoms with Crippen LogP contribution < -0.4 is 14.8 Å². The molecule has 0 saturated heterocycles. The van der Waals surface area contributed by atoms with Gasteiger partial charge < -0.3 is 14.8 Å². The second-order valence-corrected chi connectivity index (χ2v) is 6.76. The quantitative estimate of drug-likeness (QED) is 0.811. The van der Waals surface area contributed by atoms with Gasteiger partial charge in [-0.1, -0.05) is 49.2 Å². The SMILES string of the molecule is CCOc1cc(CNC(=O)C2(c3ccccc3)CCCC2)ccc1OC. The molecule has 26 heavy (non-hydrogen) atoms. The topological polar surface area (TPSA) is 47.6 Å². The third-order valence-corrected chi connectivity index (χ3v) is 5.20. The first-order valence-electron chi connectivity index (χ1n) is 9.33. The average Bonchev–Trinajstić information content (AvgIpc) is 3.18. The lowest BCUT2D eigenvalue weighted by atomic mass is 9.78. The Kier molecular flexibility index (Phi) is 5.82. The molecular formula is C22H27NO3. The minimum atomic E-state index is -0.392. The van der Waals surface area contributed by atoms with Crippen molar-refractivity contribution in [3.05, 3.63) is 59.7 Å². The first-order chi connectivity index (χ1) is 12.7. The van der Waals surface area contributed by atoms with Crippen molar-refractivity contribution in [1.29, 1.82) is 0 Å². The van der Waals surface area contributed by atoms with Gasteiger partial charge in [-0.05, 0) is 43.0 Å². The van der Waals surface area contributed by atoms with Gasteiger partial charge in [-0.15, -0.1) is 0 Å². The zero-order chi connectivity index (χ0) is 18.4. The maximum Gasteiger partial charge on any atom is 0.230 e. The second-order valence-electron chi connectivity index (χ2n) is 6.76. The van der Waals surface area contributed by atoms with E-state index in [-0.39, 0.29) is 5.91 Å². The highest BCUT2D eigenvalue weighted by Gasteiger charge is 2.42. The second kappa shape index (κ2) is 8.26. The van der Waals surface area contributed by atoms with Gasteiger partial charge in [0.1, 0.15) is 0 Å². The van der Waals surface area contributed by atoms with Crippen LogP contribution in [0, 0.1) is 0 Å². The van der Waals surface area contributed by atoms with Crippen molar-refractivity contribution in [2.24, 2.45) is 0 Å². The number of ether oxygens (including phenoxy) is 2. The Morgan fingerprint density at radius 1 is 1.08 bits per heavy atom. The summed E-state index contributed by atoms with van der Waals surface area (Å²) in [5.41, 5.74) is 1.74. The van der Waals surface area contributed by atoms with E-state index < -0.39 is 5.41 Å². The summed E-state index contributed by atoms with van der Waals surface area (Å²) in [7, 11) is 1.63.